The summed E-state index contributed by atoms with van der Waals surface area (Å²) >= 11 is 2.05. The van der Waals surface area contributed by atoms with Crippen LogP contribution in [0.2, 0.25) is 0 Å². The normalized spacial score (nSPS) is 20.9. The van der Waals surface area contributed by atoms with Crippen LogP contribution in [0, 0.1) is 0 Å². The van der Waals surface area contributed by atoms with Gasteiger partial charge in [-0.1, -0.05) is 0 Å². The van der Waals surface area contributed by atoms with E-state index < -0.39 is 0 Å². The third-order valence-electron chi connectivity index (χ3n) is 4.86. The maximum Gasteiger partial charge on any atom is 0.225 e. The third kappa shape index (κ3) is 6.63. The van der Waals surface area contributed by atoms with Crippen molar-refractivity contribution in [2.45, 2.75) is 18.6 Å². The quantitative estimate of drug-likeness (QED) is 0.379. The average Bonchev–Trinajstić information content (AvgIpc) is 2.66. The molecule has 27 heavy (non-hydrogen) atoms. The number of hydrogen-bond acceptors (Lipinski definition) is 6. The van der Waals surface area contributed by atoms with Crippen molar-refractivity contribution >= 4 is 47.6 Å². The minimum Gasteiger partial charge on any atom is -0.355 e. The first-order chi connectivity index (χ1) is 12.6. The molecule has 2 fully saturated rings. The van der Waals surface area contributed by atoms with Gasteiger partial charge in [0.15, 0.2) is 5.96 Å². The predicted octanol–water partition coefficient (Wildman–Crippen LogP) is 1.62. The van der Waals surface area contributed by atoms with Crippen LogP contribution in [0.3, 0.4) is 0 Å². The molecule has 3 rings (SSSR count). The van der Waals surface area contributed by atoms with Crippen molar-refractivity contribution in [2.24, 2.45) is 4.99 Å². The lowest BCUT2D eigenvalue weighted by Gasteiger charge is -2.39. The van der Waals surface area contributed by atoms with Crippen LogP contribution >= 0.6 is 35.7 Å². The summed E-state index contributed by atoms with van der Waals surface area (Å²) < 4.78 is 0.297. The molecule has 1 N–H and O–H groups in total. The molecule has 0 unspecified atom stereocenters. The molecule has 0 atom stereocenters. The SMILES string of the molecule is CN=C(NCCN1CCN(c2ncccn2)CC1)N1CCSC(C)(C)C1.I. The van der Waals surface area contributed by atoms with Gasteiger partial charge in [-0.05, 0) is 19.9 Å². The van der Waals surface area contributed by atoms with Crippen LogP contribution in [0.25, 0.3) is 0 Å². The minimum atomic E-state index is 0. The summed E-state index contributed by atoms with van der Waals surface area (Å²) in [5.41, 5.74) is 0. The highest BCUT2D eigenvalue weighted by Crippen LogP contribution is 2.29. The van der Waals surface area contributed by atoms with Gasteiger partial charge in [0.2, 0.25) is 5.95 Å². The van der Waals surface area contributed by atoms with Crippen LogP contribution in [-0.4, -0.2) is 95.6 Å². The second-order valence-corrected chi connectivity index (χ2v) is 9.18. The number of nitrogens with one attached hydrogen (secondary N) is 1. The fraction of sp³-hybridized carbons (Fsp3) is 0.722. The number of aliphatic imine (C=N–C) groups is 1. The average molecular weight is 505 g/mol. The van der Waals surface area contributed by atoms with E-state index in [1.165, 1.54) is 0 Å². The highest BCUT2D eigenvalue weighted by Gasteiger charge is 2.28. The lowest BCUT2D eigenvalue weighted by atomic mass is 10.2. The molecule has 0 aromatic carbocycles. The molecule has 2 aliphatic rings. The molecule has 0 saturated carbocycles. The van der Waals surface area contributed by atoms with Gasteiger partial charge in [-0.2, -0.15) is 11.8 Å². The molecule has 0 amide bonds. The summed E-state index contributed by atoms with van der Waals surface area (Å²) in [5.74, 6) is 3.04. The Balaban J connectivity index is 0.00000261. The highest BCUT2D eigenvalue weighted by molar-refractivity contribution is 14.0. The standard InChI is InChI=1S/C18H31N7S.HI/c1-18(2)15-25(13-14-26-18)16(19-3)22-7-8-23-9-11-24(12-10-23)17-20-5-4-6-21-17;/h4-6H,7-15H2,1-3H3,(H,19,22);1H. The summed E-state index contributed by atoms with van der Waals surface area (Å²) in [4.78, 5) is 20.3. The van der Waals surface area contributed by atoms with Gasteiger partial charge in [-0.25, -0.2) is 9.97 Å². The molecule has 0 radical (unpaired) electrons. The van der Waals surface area contributed by atoms with E-state index in [1.807, 2.05) is 37.3 Å². The fourth-order valence-electron chi connectivity index (χ4n) is 3.48. The van der Waals surface area contributed by atoms with Crippen molar-refractivity contribution in [1.82, 2.24) is 25.1 Å². The van der Waals surface area contributed by atoms with Gasteiger partial charge in [0.25, 0.3) is 0 Å². The van der Waals surface area contributed by atoms with Crippen LogP contribution in [-0.2, 0) is 0 Å². The Kier molecular flexibility index (Phi) is 8.87. The van der Waals surface area contributed by atoms with Crippen LogP contribution in [0.1, 0.15) is 13.8 Å². The summed E-state index contributed by atoms with van der Waals surface area (Å²) in [5, 5.41) is 3.55. The number of rotatable bonds is 4. The Hall–Kier alpha value is -0.810. The molecule has 1 aromatic rings. The molecular formula is C18H32IN7S. The predicted molar refractivity (Wildman–Crippen MR) is 126 cm³/mol. The Morgan fingerprint density at radius 3 is 2.52 bits per heavy atom. The van der Waals surface area contributed by atoms with Crippen molar-refractivity contribution in [1.29, 1.82) is 0 Å². The Morgan fingerprint density at radius 2 is 1.89 bits per heavy atom. The molecule has 0 spiro atoms. The lowest BCUT2D eigenvalue weighted by molar-refractivity contribution is 0.258. The second-order valence-electron chi connectivity index (χ2n) is 7.38. The zero-order chi connectivity index (χ0) is 18.4. The molecule has 3 heterocycles. The first kappa shape index (κ1) is 22.5. The van der Waals surface area contributed by atoms with E-state index in [-0.39, 0.29) is 24.0 Å². The van der Waals surface area contributed by atoms with E-state index in [0.717, 1.165) is 70.0 Å². The van der Waals surface area contributed by atoms with Crippen LogP contribution in [0.4, 0.5) is 5.95 Å². The number of anilines is 1. The zero-order valence-corrected chi connectivity index (χ0v) is 19.7. The maximum atomic E-state index is 4.49. The molecule has 0 aliphatic carbocycles. The van der Waals surface area contributed by atoms with Gasteiger partial charge in [0.1, 0.15) is 0 Å². The third-order valence-corrected chi connectivity index (χ3v) is 6.15. The number of aromatic nitrogens is 2. The highest BCUT2D eigenvalue weighted by atomic mass is 127. The van der Waals surface area contributed by atoms with Gasteiger partial charge in [-0.3, -0.25) is 9.89 Å². The van der Waals surface area contributed by atoms with E-state index in [0.29, 0.717) is 4.75 Å². The molecule has 1 aromatic heterocycles. The zero-order valence-electron chi connectivity index (χ0n) is 16.6. The summed E-state index contributed by atoms with van der Waals surface area (Å²) in [7, 11) is 1.88. The molecule has 152 valence electrons. The number of guanidine groups is 1. The summed E-state index contributed by atoms with van der Waals surface area (Å²) in [6, 6.07) is 1.86. The van der Waals surface area contributed by atoms with Gasteiger partial charge < -0.3 is 15.1 Å². The number of hydrogen-bond donors (Lipinski definition) is 1. The fourth-order valence-corrected chi connectivity index (χ4v) is 4.59. The Labute approximate surface area is 184 Å². The Bertz CT molecular complexity index is 591. The van der Waals surface area contributed by atoms with E-state index in [4.69, 9.17) is 0 Å². The van der Waals surface area contributed by atoms with Crippen LogP contribution in [0.5, 0.6) is 0 Å². The monoisotopic (exact) mass is 505 g/mol. The molecule has 9 heteroatoms. The first-order valence-corrected chi connectivity index (χ1v) is 10.4. The van der Waals surface area contributed by atoms with Crippen molar-refractivity contribution < 1.29 is 0 Å². The Morgan fingerprint density at radius 1 is 1.19 bits per heavy atom. The molecular weight excluding hydrogens is 473 g/mol. The van der Waals surface area contributed by atoms with Crippen molar-refractivity contribution in [2.75, 3.05) is 70.1 Å². The number of nitrogens with zero attached hydrogens (tertiary/aromatic N) is 6. The molecule has 2 aliphatic heterocycles. The topological polar surface area (TPSA) is 59.9 Å². The summed E-state index contributed by atoms with van der Waals surface area (Å²) in [6.45, 7) is 12.8. The van der Waals surface area contributed by atoms with E-state index in [2.05, 4.69) is 48.8 Å². The number of thioether (sulfide) groups is 1. The molecule has 7 nitrogen and oxygen atoms in total. The van der Waals surface area contributed by atoms with Crippen molar-refractivity contribution in [3.8, 4) is 0 Å². The number of piperazine rings is 1. The van der Waals surface area contributed by atoms with E-state index in [9.17, 15) is 0 Å². The minimum absolute atomic E-state index is 0. The van der Waals surface area contributed by atoms with Gasteiger partial charge in [-0.15, -0.1) is 24.0 Å². The maximum absolute atomic E-state index is 4.49. The van der Waals surface area contributed by atoms with Gasteiger partial charge >= 0.3 is 0 Å². The van der Waals surface area contributed by atoms with Crippen LogP contribution < -0.4 is 10.2 Å². The number of halogens is 1. The van der Waals surface area contributed by atoms with Crippen molar-refractivity contribution in [3.63, 3.8) is 0 Å². The van der Waals surface area contributed by atoms with E-state index >= 15 is 0 Å². The smallest absolute Gasteiger partial charge is 0.225 e. The molecule has 2 saturated heterocycles. The largest absolute Gasteiger partial charge is 0.355 e. The van der Waals surface area contributed by atoms with Crippen LogP contribution in [0.15, 0.2) is 23.5 Å². The van der Waals surface area contributed by atoms with Gasteiger partial charge in [0, 0.05) is 82.3 Å². The van der Waals surface area contributed by atoms with E-state index in [1.54, 1.807) is 0 Å². The molecule has 0 bridgehead atoms. The summed E-state index contributed by atoms with van der Waals surface area (Å²) in [6.07, 6.45) is 3.62. The van der Waals surface area contributed by atoms with Gasteiger partial charge in [0.05, 0.1) is 0 Å². The van der Waals surface area contributed by atoms with Crippen molar-refractivity contribution in [3.05, 3.63) is 18.5 Å². The first-order valence-electron chi connectivity index (χ1n) is 9.41. The lowest BCUT2D eigenvalue weighted by Crippen LogP contribution is -2.53. The second kappa shape index (κ2) is 10.7.